The number of Topliss-reactive ketones (excluding diaryl/α,β-unsaturated/α-hetero) is 1. The van der Waals surface area contributed by atoms with Crippen LogP contribution >= 0.6 is 15.9 Å². The zero-order chi connectivity index (χ0) is 12.2. The summed E-state index contributed by atoms with van der Waals surface area (Å²) in [5.74, 6) is 2.22. The van der Waals surface area contributed by atoms with Gasteiger partial charge in [-0.05, 0) is 60.9 Å². The topological polar surface area (TPSA) is 34.9 Å². The molecular formula is C13H17BrN2O. The number of aromatic nitrogens is 2. The summed E-state index contributed by atoms with van der Waals surface area (Å²) in [6.07, 6.45) is 5.29. The van der Waals surface area contributed by atoms with Crippen molar-refractivity contribution in [1.29, 1.82) is 0 Å². The molecule has 0 amide bonds. The molecule has 0 radical (unpaired) electrons. The number of nitrogens with zero attached hydrogens (tertiary/aromatic N) is 2. The van der Waals surface area contributed by atoms with Crippen molar-refractivity contribution in [3.63, 3.8) is 0 Å². The maximum absolute atomic E-state index is 12.5. The molecule has 2 aliphatic carbocycles. The molecule has 2 saturated carbocycles. The minimum atomic E-state index is 0.233. The van der Waals surface area contributed by atoms with Crippen LogP contribution in [0.2, 0.25) is 0 Å². The molecule has 3 nitrogen and oxygen atoms in total. The fourth-order valence-electron chi connectivity index (χ4n) is 3.09. The van der Waals surface area contributed by atoms with Gasteiger partial charge in [-0.3, -0.25) is 9.48 Å². The van der Waals surface area contributed by atoms with Gasteiger partial charge in [0.1, 0.15) is 5.69 Å². The van der Waals surface area contributed by atoms with E-state index < -0.39 is 0 Å². The Morgan fingerprint density at radius 3 is 2.65 bits per heavy atom. The monoisotopic (exact) mass is 296 g/mol. The Bertz CT molecular complexity index is 456. The maximum atomic E-state index is 12.5. The van der Waals surface area contributed by atoms with Gasteiger partial charge in [-0.2, -0.15) is 5.10 Å². The van der Waals surface area contributed by atoms with Crippen molar-refractivity contribution in [3.05, 3.63) is 16.4 Å². The fourth-order valence-corrected chi connectivity index (χ4v) is 3.55. The van der Waals surface area contributed by atoms with Crippen molar-refractivity contribution in [1.82, 2.24) is 9.78 Å². The highest BCUT2D eigenvalue weighted by molar-refractivity contribution is 9.10. The summed E-state index contributed by atoms with van der Waals surface area (Å²) < 4.78 is 2.69. The average molecular weight is 297 g/mol. The molecule has 0 aromatic carbocycles. The summed E-state index contributed by atoms with van der Waals surface area (Å²) >= 11 is 3.46. The molecule has 0 bridgehead atoms. The zero-order valence-electron chi connectivity index (χ0n) is 10.2. The third-order valence-electron chi connectivity index (χ3n) is 4.09. The first-order valence-corrected chi connectivity index (χ1v) is 7.14. The predicted octanol–water partition coefficient (Wildman–Crippen LogP) is 3.46. The molecule has 1 aromatic rings. The summed E-state index contributed by atoms with van der Waals surface area (Å²) in [6.45, 7) is 4.12. The summed E-state index contributed by atoms with van der Waals surface area (Å²) in [7, 11) is 0. The standard InChI is InChI=1S/C13H17BrN2O/c1-7(2)16-12(11(14)6-15-16)13(17)10-4-8-3-9(8)5-10/h6-10H,3-5H2,1-2H3. The minimum Gasteiger partial charge on any atom is -0.292 e. The molecular weight excluding hydrogens is 280 g/mol. The van der Waals surface area contributed by atoms with E-state index in [1.165, 1.54) is 6.42 Å². The lowest BCUT2D eigenvalue weighted by Gasteiger charge is -2.15. The van der Waals surface area contributed by atoms with Crippen molar-refractivity contribution in [2.45, 2.75) is 39.2 Å². The summed E-state index contributed by atoms with van der Waals surface area (Å²) in [5, 5.41) is 4.29. The molecule has 4 heteroatoms. The number of hydrogen-bond acceptors (Lipinski definition) is 2. The number of carbonyl (C=O) groups is 1. The van der Waals surface area contributed by atoms with E-state index in [0.29, 0.717) is 0 Å². The maximum Gasteiger partial charge on any atom is 0.185 e. The third kappa shape index (κ3) is 1.86. The number of halogens is 1. The quantitative estimate of drug-likeness (QED) is 0.801. The van der Waals surface area contributed by atoms with Crippen molar-refractivity contribution in [2.24, 2.45) is 17.8 Å². The highest BCUT2D eigenvalue weighted by Crippen LogP contribution is 2.55. The van der Waals surface area contributed by atoms with E-state index in [1.807, 2.05) is 4.68 Å². The van der Waals surface area contributed by atoms with Crippen LogP contribution in [0.4, 0.5) is 0 Å². The molecule has 2 aliphatic rings. The molecule has 0 aliphatic heterocycles. The van der Waals surface area contributed by atoms with E-state index in [0.717, 1.165) is 34.8 Å². The van der Waals surface area contributed by atoms with Crippen LogP contribution in [0.25, 0.3) is 0 Å². The predicted molar refractivity (Wildman–Crippen MR) is 69.0 cm³/mol. The second-order valence-electron chi connectivity index (χ2n) is 5.67. The Morgan fingerprint density at radius 1 is 1.41 bits per heavy atom. The molecule has 17 heavy (non-hydrogen) atoms. The SMILES string of the molecule is CC(C)n1ncc(Br)c1C(=O)C1CC2CC2C1. The number of fused-ring (bicyclic) bond motifs is 1. The first-order valence-electron chi connectivity index (χ1n) is 6.35. The van der Waals surface area contributed by atoms with Crippen molar-refractivity contribution >= 4 is 21.7 Å². The van der Waals surface area contributed by atoms with Gasteiger partial charge >= 0.3 is 0 Å². The van der Waals surface area contributed by atoms with Gasteiger partial charge < -0.3 is 0 Å². The molecule has 0 saturated heterocycles. The number of carbonyl (C=O) groups excluding carboxylic acids is 1. The largest absolute Gasteiger partial charge is 0.292 e. The van der Waals surface area contributed by atoms with Crippen LogP contribution in [0.3, 0.4) is 0 Å². The highest BCUT2D eigenvalue weighted by Gasteiger charge is 2.48. The van der Waals surface area contributed by atoms with Gasteiger partial charge in [0, 0.05) is 12.0 Å². The highest BCUT2D eigenvalue weighted by atomic mass is 79.9. The van der Waals surface area contributed by atoms with E-state index in [4.69, 9.17) is 0 Å². The first kappa shape index (κ1) is 11.5. The number of hydrogen-bond donors (Lipinski definition) is 0. The molecule has 3 rings (SSSR count). The van der Waals surface area contributed by atoms with Gasteiger partial charge in [0.25, 0.3) is 0 Å². The molecule has 0 N–H and O–H groups in total. The van der Waals surface area contributed by atoms with Crippen LogP contribution in [0.1, 0.15) is 49.6 Å². The molecule has 92 valence electrons. The van der Waals surface area contributed by atoms with Crippen LogP contribution in [0.15, 0.2) is 10.7 Å². The van der Waals surface area contributed by atoms with Crippen LogP contribution in [-0.2, 0) is 0 Å². The van der Waals surface area contributed by atoms with Crippen LogP contribution in [0.5, 0.6) is 0 Å². The van der Waals surface area contributed by atoms with Gasteiger partial charge in [0.2, 0.25) is 0 Å². The minimum absolute atomic E-state index is 0.233. The molecule has 2 unspecified atom stereocenters. The lowest BCUT2D eigenvalue weighted by Crippen LogP contribution is -2.19. The van der Waals surface area contributed by atoms with E-state index >= 15 is 0 Å². The summed E-state index contributed by atoms with van der Waals surface area (Å²) in [5.41, 5.74) is 0.770. The summed E-state index contributed by atoms with van der Waals surface area (Å²) in [4.78, 5) is 12.5. The van der Waals surface area contributed by atoms with E-state index in [9.17, 15) is 4.79 Å². The Balaban J connectivity index is 1.87. The van der Waals surface area contributed by atoms with Crippen molar-refractivity contribution in [3.8, 4) is 0 Å². The molecule has 2 atom stereocenters. The smallest absolute Gasteiger partial charge is 0.185 e. The van der Waals surface area contributed by atoms with Gasteiger partial charge in [0.15, 0.2) is 5.78 Å². The molecule has 0 spiro atoms. The van der Waals surface area contributed by atoms with Crippen LogP contribution in [0, 0.1) is 17.8 Å². The first-order chi connectivity index (χ1) is 8.08. The second-order valence-corrected chi connectivity index (χ2v) is 6.52. The number of ketones is 1. The van der Waals surface area contributed by atoms with E-state index in [2.05, 4.69) is 34.9 Å². The fraction of sp³-hybridized carbons (Fsp3) is 0.692. The van der Waals surface area contributed by atoms with Crippen LogP contribution < -0.4 is 0 Å². The Hall–Kier alpha value is -0.640. The number of rotatable bonds is 3. The Morgan fingerprint density at radius 2 is 2.06 bits per heavy atom. The second kappa shape index (κ2) is 3.94. The average Bonchev–Trinajstić information content (AvgIpc) is 2.74. The van der Waals surface area contributed by atoms with E-state index in [-0.39, 0.29) is 17.7 Å². The normalized spacial score (nSPS) is 30.7. The lowest BCUT2D eigenvalue weighted by molar-refractivity contribution is 0.0900. The van der Waals surface area contributed by atoms with E-state index in [1.54, 1.807) is 6.20 Å². The van der Waals surface area contributed by atoms with Crippen molar-refractivity contribution < 1.29 is 4.79 Å². The Kier molecular flexibility index (Phi) is 2.65. The molecule has 1 heterocycles. The molecule has 1 aromatic heterocycles. The van der Waals surface area contributed by atoms with Gasteiger partial charge in [-0.15, -0.1) is 0 Å². The Labute approximate surface area is 110 Å². The third-order valence-corrected chi connectivity index (χ3v) is 4.67. The van der Waals surface area contributed by atoms with Crippen LogP contribution in [-0.4, -0.2) is 15.6 Å². The van der Waals surface area contributed by atoms with Gasteiger partial charge in [-0.1, -0.05) is 0 Å². The van der Waals surface area contributed by atoms with Crippen molar-refractivity contribution in [2.75, 3.05) is 0 Å². The van der Waals surface area contributed by atoms with Gasteiger partial charge in [-0.25, -0.2) is 0 Å². The summed E-state index contributed by atoms with van der Waals surface area (Å²) in [6, 6.07) is 0.233. The van der Waals surface area contributed by atoms with Gasteiger partial charge in [0.05, 0.1) is 10.7 Å². The zero-order valence-corrected chi connectivity index (χ0v) is 11.8. The molecule has 2 fully saturated rings. The lowest BCUT2D eigenvalue weighted by atomic mass is 9.96.